The van der Waals surface area contributed by atoms with Gasteiger partial charge in [-0.1, -0.05) is 39.0 Å². The molecule has 90 valence electrons. The summed E-state index contributed by atoms with van der Waals surface area (Å²) in [4.78, 5) is 4.47. The molecule has 0 fully saturated rings. The molecule has 0 bridgehead atoms. The summed E-state index contributed by atoms with van der Waals surface area (Å²) in [6, 6.07) is 10.9. The number of anilines is 1. The molecule has 1 aromatic heterocycles. The Kier molecular flexibility index (Phi) is 3.62. The van der Waals surface area contributed by atoms with Gasteiger partial charge in [0.2, 0.25) is 0 Å². The van der Waals surface area contributed by atoms with Gasteiger partial charge in [0.15, 0.2) is 0 Å². The molecule has 0 aliphatic heterocycles. The number of nitrogens with zero attached hydrogens (tertiary/aromatic N) is 1. The number of rotatable bonds is 4. The highest BCUT2D eigenvalue weighted by Gasteiger charge is 2.10. The molecule has 2 rings (SSSR count). The lowest BCUT2D eigenvalue weighted by atomic mass is 10.0. The van der Waals surface area contributed by atoms with Crippen LogP contribution in [-0.2, 0) is 0 Å². The number of fused-ring (bicyclic) bond motifs is 1. The second-order valence-electron chi connectivity index (χ2n) is 4.82. The highest BCUT2D eigenvalue weighted by molar-refractivity contribution is 5.81. The number of hydrogen-bond acceptors (Lipinski definition) is 2. The van der Waals surface area contributed by atoms with E-state index in [0.29, 0.717) is 12.0 Å². The monoisotopic (exact) mass is 228 g/mol. The molecule has 1 aromatic carbocycles. The summed E-state index contributed by atoms with van der Waals surface area (Å²) in [7, 11) is 0. The van der Waals surface area contributed by atoms with Crippen LogP contribution in [0.3, 0.4) is 0 Å². The lowest BCUT2D eigenvalue weighted by Crippen LogP contribution is -2.24. The molecule has 1 heterocycles. The second-order valence-corrected chi connectivity index (χ2v) is 4.82. The third-order valence-corrected chi connectivity index (χ3v) is 3.19. The molecule has 1 atom stereocenters. The van der Waals surface area contributed by atoms with Crippen molar-refractivity contribution in [1.82, 2.24) is 4.98 Å². The molecule has 0 aliphatic rings. The van der Waals surface area contributed by atoms with Crippen LogP contribution in [0.15, 0.2) is 36.5 Å². The number of nitrogens with one attached hydrogen (secondary N) is 1. The van der Waals surface area contributed by atoms with E-state index in [1.54, 1.807) is 0 Å². The van der Waals surface area contributed by atoms with E-state index in [1.807, 2.05) is 24.4 Å². The Bertz CT molecular complexity index is 491. The van der Waals surface area contributed by atoms with Crippen LogP contribution < -0.4 is 5.32 Å². The van der Waals surface area contributed by atoms with Crippen LogP contribution >= 0.6 is 0 Å². The molecule has 0 aliphatic carbocycles. The first-order valence-corrected chi connectivity index (χ1v) is 6.32. The summed E-state index contributed by atoms with van der Waals surface area (Å²) < 4.78 is 0. The zero-order valence-corrected chi connectivity index (χ0v) is 10.8. The summed E-state index contributed by atoms with van der Waals surface area (Å²) in [5.41, 5.74) is 2.17. The first-order chi connectivity index (χ1) is 8.20. The van der Waals surface area contributed by atoms with E-state index in [4.69, 9.17) is 0 Å². The predicted octanol–water partition coefficient (Wildman–Crippen LogP) is 4.08. The molecule has 1 N–H and O–H groups in total. The molecule has 0 radical (unpaired) electrons. The maximum atomic E-state index is 4.47. The van der Waals surface area contributed by atoms with Crippen molar-refractivity contribution in [1.29, 1.82) is 0 Å². The van der Waals surface area contributed by atoms with Crippen molar-refractivity contribution in [3.63, 3.8) is 0 Å². The van der Waals surface area contributed by atoms with Gasteiger partial charge in [-0.05, 0) is 24.5 Å². The van der Waals surface area contributed by atoms with E-state index in [-0.39, 0.29) is 0 Å². The summed E-state index contributed by atoms with van der Waals surface area (Å²) in [6.07, 6.45) is 3.05. The van der Waals surface area contributed by atoms with Crippen molar-refractivity contribution < 1.29 is 0 Å². The fraction of sp³-hybridized carbons (Fsp3) is 0.400. The van der Waals surface area contributed by atoms with Crippen LogP contribution in [0.25, 0.3) is 10.9 Å². The van der Waals surface area contributed by atoms with E-state index in [0.717, 1.165) is 17.6 Å². The van der Waals surface area contributed by atoms with Gasteiger partial charge in [0.25, 0.3) is 0 Å². The minimum Gasteiger partial charge on any atom is -0.381 e. The summed E-state index contributed by atoms with van der Waals surface area (Å²) >= 11 is 0. The number of aromatic nitrogens is 1. The van der Waals surface area contributed by atoms with Crippen LogP contribution in [-0.4, -0.2) is 11.0 Å². The Morgan fingerprint density at radius 1 is 1.24 bits per heavy atom. The van der Waals surface area contributed by atoms with Crippen LogP contribution in [0.4, 0.5) is 5.69 Å². The number of para-hydroxylation sites is 1. The van der Waals surface area contributed by atoms with E-state index in [1.165, 1.54) is 5.39 Å². The van der Waals surface area contributed by atoms with E-state index >= 15 is 0 Å². The highest BCUT2D eigenvalue weighted by atomic mass is 14.9. The van der Waals surface area contributed by atoms with Crippen molar-refractivity contribution in [2.75, 3.05) is 5.32 Å². The lowest BCUT2D eigenvalue weighted by molar-refractivity contribution is 0.511. The van der Waals surface area contributed by atoms with Crippen molar-refractivity contribution in [3.8, 4) is 0 Å². The molecule has 17 heavy (non-hydrogen) atoms. The Hall–Kier alpha value is -1.57. The van der Waals surface area contributed by atoms with Crippen LogP contribution in [0.2, 0.25) is 0 Å². The second kappa shape index (κ2) is 5.17. The molecule has 2 nitrogen and oxygen atoms in total. The molecule has 0 saturated heterocycles. The average Bonchev–Trinajstić information content (AvgIpc) is 2.35. The molecule has 2 heteroatoms. The smallest absolute Gasteiger partial charge is 0.0703 e. The number of hydrogen-bond donors (Lipinski definition) is 1. The van der Waals surface area contributed by atoms with Gasteiger partial charge in [0.05, 0.1) is 17.4 Å². The molecule has 0 saturated carbocycles. The van der Waals surface area contributed by atoms with Crippen molar-refractivity contribution in [3.05, 3.63) is 36.5 Å². The first kappa shape index (κ1) is 11.9. The van der Waals surface area contributed by atoms with Crippen LogP contribution in [0.1, 0.15) is 27.2 Å². The van der Waals surface area contributed by atoms with Crippen LogP contribution in [0.5, 0.6) is 0 Å². The summed E-state index contributed by atoms with van der Waals surface area (Å²) in [6.45, 7) is 6.71. The van der Waals surface area contributed by atoms with Crippen LogP contribution in [0, 0.1) is 5.92 Å². The third kappa shape index (κ3) is 2.76. The zero-order chi connectivity index (χ0) is 12.3. The molecule has 2 aromatic rings. The fourth-order valence-electron chi connectivity index (χ4n) is 2.10. The van der Waals surface area contributed by atoms with Gasteiger partial charge in [-0.15, -0.1) is 0 Å². The zero-order valence-electron chi connectivity index (χ0n) is 10.8. The normalized spacial score (nSPS) is 12.9. The Labute approximate surface area is 103 Å². The molecule has 1 unspecified atom stereocenters. The van der Waals surface area contributed by atoms with Gasteiger partial charge in [-0.25, -0.2) is 0 Å². The quantitative estimate of drug-likeness (QED) is 0.852. The number of benzene rings is 1. The fourth-order valence-corrected chi connectivity index (χ4v) is 2.10. The lowest BCUT2D eigenvalue weighted by Gasteiger charge is -2.21. The SMILES string of the molecule is CCC(Nc1cnc2ccccc2c1)C(C)C. The topological polar surface area (TPSA) is 24.9 Å². The van der Waals surface area contributed by atoms with Crippen molar-refractivity contribution >= 4 is 16.6 Å². The van der Waals surface area contributed by atoms with E-state index in [9.17, 15) is 0 Å². The third-order valence-electron chi connectivity index (χ3n) is 3.19. The summed E-state index contributed by atoms with van der Waals surface area (Å²) in [5, 5.41) is 4.75. The number of pyridine rings is 1. The minimum atomic E-state index is 0.512. The Balaban J connectivity index is 2.24. The maximum absolute atomic E-state index is 4.47. The molecular weight excluding hydrogens is 208 g/mol. The van der Waals surface area contributed by atoms with Gasteiger partial charge >= 0.3 is 0 Å². The van der Waals surface area contributed by atoms with Crippen molar-refractivity contribution in [2.45, 2.75) is 33.2 Å². The van der Waals surface area contributed by atoms with E-state index < -0.39 is 0 Å². The van der Waals surface area contributed by atoms with Crippen molar-refractivity contribution in [2.24, 2.45) is 5.92 Å². The predicted molar refractivity (Wildman–Crippen MR) is 74.3 cm³/mol. The van der Waals surface area contributed by atoms with Gasteiger partial charge < -0.3 is 5.32 Å². The maximum Gasteiger partial charge on any atom is 0.0703 e. The van der Waals surface area contributed by atoms with Gasteiger partial charge in [-0.3, -0.25) is 4.98 Å². The molecular formula is C15H20N2. The Morgan fingerprint density at radius 3 is 2.71 bits per heavy atom. The summed E-state index contributed by atoms with van der Waals surface area (Å²) in [5.74, 6) is 0.631. The first-order valence-electron chi connectivity index (χ1n) is 6.32. The van der Waals surface area contributed by atoms with E-state index in [2.05, 4.69) is 43.2 Å². The molecule has 0 spiro atoms. The minimum absolute atomic E-state index is 0.512. The van der Waals surface area contributed by atoms with Gasteiger partial charge in [0, 0.05) is 11.4 Å². The molecule has 0 amide bonds. The van der Waals surface area contributed by atoms with Gasteiger partial charge in [0.1, 0.15) is 0 Å². The average molecular weight is 228 g/mol. The largest absolute Gasteiger partial charge is 0.381 e. The van der Waals surface area contributed by atoms with Gasteiger partial charge in [-0.2, -0.15) is 0 Å². The highest BCUT2D eigenvalue weighted by Crippen LogP contribution is 2.19. The standard InChI is InChI=1S/C15H20N2/c1-4-14(11(2)3)17-13-9-12-7-5-6-8-15(12)16-10-13/h5-11,14,17H,4H2,1-3H3. The Morgan fingerprint density at radius 2 is 2.00 bits per heavy atom.